The van der Waals surface area contributed by atoms with E-state index in [4.69, 9.17) is 0 Å². The molecule has 7 heteroatoms. The zero-order valence-corrected chi connectivity index (χ0v) is 18.3. The molecule has 31 heavy (non-hydrogen) atoms. The molecule has 0 aliphatic heterocycles. The fraction of sp³-hybridized carbons (Fsp3) is 0.208. The molecule has 0 unspecified atom stereocenters. The largest absolute Gasteiger partial charge is 0.311 e. The van der Waals surface area contributed by atoms with E-state index < -0.39 is 0 Å². The van der Waals surface area contributed by atoms with Crippen molar-refractivity contribution in [3.63, 3.8) is 0 Å². The highest BCUT2D eigenvalue weighted by molar-refractivity contribution is 7.98. The second-order valence-corrected chi connectivity index (χ2v) is 8.13. The molecule has 2 heterocycles. The summed E-state index contributed by atoms with van der Waals surface area (Å²) in [7, 11) is 0. The SMILES string of the molecule is CCN(C(=O)Cn1c(SCc2ccccc2F)nc2cccnc21)c1cccc(C)c1. The first kappa shape index (κ1) is 21.1. The average molecular weight is 435 g/mol. The third-order valence-electron chi connectivity index (χ3n) is 5.01. The number of anilines is 1. The van der Waals surface area contributed by atoms with Crippen molar-refractivity contribution in [1.29, 1.82) is 0 Å². The van der Waals surface area contributed by atoms with Crippen molar-refractivity contribution in [3.8, 4) is 0 Å². The number of benzene rings is 2. The van der Waals surface area contributed by atoms with Gasteiger partial charge in [-0.25, -0.2) is 14.4 Å². The number of hydrogen-bond donors (Lipinski definition) is 0. The van der Waals surface area contributed by atoms with Gasteiger partial charge >= 0.3 is 0 Å². The molecule has 0 bridgehead atoms. The van der Waals surface area contributed by atoms with E-state index in [1.54, 1.807) is 23.2 Å². The summed E-state index contributed by atoms with van der Waals surface area (Å²) in [4.78, 5) is 24.1. The number of imidazole rings is 1. The minimum atomic E-state index is -0.247. The summed E-state index contributed by atoms with van der Waals surface area (Å²) < 4.78 is 15.9. The maximum absolute atomic E-state index is 14.1. The molecule has 0 aliphatic rings. The van der Waals surface area contributed by atoms with Crippen LogP contribution in [0.4, 0.5) is 10.1 Å². The third kappa shape index (κ3) is 4.61. The lowest BCUT2D eigenvalue weighted by Crippen LogP contribution is -2.34. The third-order valence-corrected chi connectivity index (χ3v) is 6.03. The molecule has 0 fully saturated rings. The van der Waals surface area contributed by atoms with Gasteiger partial charge in [0, 0.05) is 24.2 Å². The molecule has 0 saturated heterocycles. The molecule has 0 spiro atoms. The lowest BCUT2D eigenvalue weighted by molar-refractivity contribution is -0.119. The van der Waals surface area contributed by atoms with Crippen molar-refractivity contribution in [2.75, 3.05) is 11.4 Å². The van der Waals surface area contributed by atoms with Crippen molar-refractivity contribution in [3.05, 3.63) is 83.8 Å². The number of thioether (sulfide) groups is 1. The molecule has 5 nitrogen and oxygen atoms in total. The molecule has 0 aliphatic carbocycles. The molecule has 0 N–H and O–H groups in total. The molecule has 0 radical (unpaired) electrons. The van der Waals surface area contributed by atoms with E-state index in [1.165, 1.54) is 17.8 Å². The van der Waals surface area contributed by atoms with Gasteiger partial charge in [-0.3, -0.25) is 9.36 Å². The number of pyridine rings is 1. The maximum Gasteiger partial charge on any atom is 0.247 e. The average Bonchev–Trinajstić information content (AvgIpc) is 3.11. The number of nitrogens with zero attached hydrogens (tertiary/aromatic N) is 4. The highest BCUT2D eigenvalue weighted by Gasteiger charge is 2.20. The fourth-order valence-corrected chi connectivity index (χ4v) is 4.46. The van der Waals surface area contributed by atoms with Crippen LogP contribution in [0.2, 0.25) is 0 Å². The van der Waals surface area contributed by atoms with E-state index in [0.717, 1.165) is 11.3 Å². The predicted molar refractivity (Wildman–Crippen MR) is 123 cm³/mol. The Labute approximate surface area is 184 Å². The van der Waals surface area contributed by atoms with Crippen LogP contribution in [0.25, 0.3) is 11.2 Å². The summed E-state index contributed by atoms with van der Waals surface area (Å²) in [6, 6.07) is 18.3. The van der Waals surface area contributed by atoms with Crippen LogP contribution >= 0.6 is 11.8 Å². The van der Waals surface area contributed by atoms with E-state index in [1.807, 2.05) is 60.9 Å². The van der Waals surface area contributed by atoms with Gasteiger partial charge < -0.3 is 4.90 Å². The Morgan fingerprint density at radius 2 is 1.97 bits per heavy atom. The summed E-state index contributed by atoms with van der Waals surface area (Å²) in [5.41, 5.74) is 3.92. The van der Waals surface area contributed by atoms with Crippen LogP contribution in [0.1, 0.15) is 18.1 Å². The van der Waals surface area contributed by atoms with Gasteiger partial charge in [0.25, 0.3) is 0 Å². The molecule has 2 aromatic carbocycles. The van der Waals surface area contributed by atoms with Crippen LogP contribution in [0.15, 0.2) is 72.0 Å². The normalized spacial score (nSPS) is 11.1. The highest BCUT2D eigenvalue weighted by atomic mass is 32.2. The highest BCUT2D eigenvalue weighted by Crippen LogP contribution is 2.27. The predicted octanol–water partition coefficient (Wildman–Crippen LogP) is 5.22. The molecule has 0 atom stereocenters. The summed E-state index contributed by atoms with van der Waals surface area (Å²) in [5.74, 6) is 0.119. The van der Waals surface area contributed by atoms with Crippen molar-refractivity contribution in [1.82, 2.24) is 14.5 Å². The zero-order chi connectivity index (χ0) is 21.8. The fourth-order valence-electron chi connectivity index (χ4n) is 3.47. The van der Waals surface area contributed by atoms with Gasteiger partial charge in [-0.05, 0) is 55.3 Å². The number of aryl methyl sites for hydroxylation is 1. The summed E-state index contributed by atoms with van der Waals surface area (Å²) >= 11 is 1.40. The van der Waals surface area contributed by atoms with E-state index >= 15 is 0 Å². The second-order valence-electron chi connectivity index (χ2n) is 7.18. The number of fused-ring (bicyclic) bond motifs is 1. The van der Waals surface area contributed by atoms with Gasteiger partial charge in [-0.1, -0.05) is 42.1 Å². The topological polar surface area (TPSA) is 51.0 Å². The monoisotopic (exact) mass is 434 g/mol. The quantitative estimate of drug-likeness (QED) is 0.374. The molecule has 4 rings (SSSR count). The zero-order valence-electron chi connectivity index (χ0n) is 17.5. The number of rotatable bonds is 7. The summed E-state index contributed by atoms with van der Waals surface area (Å²) in [5, 5.41) is 0.644. The summed E-state index contributed by atoms with van der Waals surface area (Å²) in [6.45, 7) is 4.62. The molecular weight excluding hydrogens is 411 g/mol. The number of amides is 1. The molecule has 0 saturated carbocycles. The Hall–Kier alpha value is -3.19. The smallest absolute Gasteiger partial charge is 0.247 e. The van der Waals surface area contributed by atoms with Gasteiger partial charge in [0.05, 0.1) is 0 Å². The van der Waals surface area contributed by atoms with Gasteiger partial charge in [-0.2, -0.15) is 0 Å². The van der Waals surface area contributed by atoms with E-state index in [0.29, 0.717) is 34.2 Å². The van der Waals surface area contributed by atoms with Gasteiger partial charge in [0.15, 0.2) is 10.8 Å². The van der Waals surface area contributed by atoms with Crippen LogP contribution in [0, 0.1) is 12.7 Å². The van der Waals surface area contributed by atoms with Crippen molar-refractivity contribution < 1.29 is 9.18 Å². The molecule has 2 aromatic heterocycles. The van der Waals surface area contributed by atoms with Gasteiger partial charge in [-0.15, -0.1) is 0 Å². The first-order valence-corrected chi connectivity index (χ1v) is 11.1. The summed E-state index contributed by atoms with van der Waals surface area (Å²) in [6.07, 6.45) is 1.69. The number of hydrogen-bond acceptors (Lipinski definition) is 4. The van der Waals surface area contributed by atoms with Gasteiger partial charge in [0.1, 0.15) is 17.9 Å². The Morgan fingerprint density at radius 3 is 2.74 bits per heavy atom. The molecule has 158 valence electrons. The number of carbonyl (C=O) groups excluding carboxylic acids is 1. The van der Waals surface area contributed by atoms with E-state index in [9.17, 15) is 9.18 Å². The minimum absolute atomic E-state index is 0.0502. The Kier molecular flexibility index (Phi) is 6.32. The first-order valence-electron chi connectivity index (χ1n) is 10.1. The first-order chi connectivity index (χ1) is 15.1. The molecule has 1 amide bonds. The Morgan fingerprint density at radius 1 is 1.13 bits per heavy atom. The number of halogens is 1. The number of carbonyl (C=O) groups is 1. The van der Waals surface area contributed by atoms with Crippen LogP contribution in [-0.4, -0.2) is 27.0 Å². The van der Waals surface area contributed by atoms with Crippen molar-refractivity contribution in [2.45, 2.75) is 31.3 Å². The van der Waals surface area contributed by atoms with Gasteiger partial charge in [0.2, 0.25) is 5.91 Å². The molecular formula is C24H23FN4OS. The van der Waals surface area contributed by atoms with Crippen LogP contribution in [0.3, 0.4) is 0 Å². The lowest BCUT2D eigenvalue weighted by atomic mass is 10.2. The standard InChI is InChI=1S/C24H23FN4OS/c1-3-28(19-10-6-8-17(2)14-19)22(30)15-29-23-21(12-7-13-26-23)27-24(29)31-16-18-9-4-5-11-20(18)25/h4-14H,3,15-16H2,1-2H3. The lowest BCUT2D eigenvalue weighted by Gasteiger charge is -2.22. The van der Waals surface area contributed by atoms with Crippen LogP contribution < -0.4 is 4.90 Å². The van der Waals surface area contributed by atoms with E-state index in [-0.39, 0.29) is 18.3 Å². The maximum atomic E-state index is 14.1. The Bertz CT molecular complexity index is 1220. The second kappa shape index (κ2) is 9.31. The van der Waals surface area contributed by atoms with Crippen molar-refractivity contribution in [2.24, 2.45) is 0 Å². The minimum Gasteiger partial charge on any atom is -0.311 e. The van der Waals surface area contributed by atoms with Crippen LogP contribution in [0.5, 0.6) is 0 Å². The number of likely N-dealkylation sites (N-methyl/N-ethyl adjacent to an activating group) is 1. The Balaban J connectivity index is 1.63. The van der Waals surface area contributed by atoms with Crippen molar-refractivity contribution >= 4 is 34.5 Å². The number of aromatic nitrogens is 3. The molecule has 4 aromatic rings. The van der Waals surface area contributed by atoms with E-state index in [2.05, 4.69) is 9.97 Å². The van der Waals surface area contributed by atoms with Crippen LogP contribution in [-0.2, 0) is 17.1 Å².